The molecule has 0 radical (unpaired) electrons. The van der Waals surface area contributed by atoms with E-state index in [-0.39, 0.29) is 11.7 Å². The lowest BCUT2D eigenvalue weighted by atomic mass is 10.2. The summed E-state index contributed by atoms with van der Waals surface area (Å²) >= 11 is 3.35. The van der Waals surface area contributed by atoms with Crippen molar-refractivity contribution in [2.75, 3.05) is 0 Å². The lowest BCUT2D eigenvalue weighted by Crippen LogP contribution is -2.12. The van der Waals surface area contributed by atoms with Crippen molar-refractivity contribution in [3.63, 3.8) is 0 Å². The van der Waals surface area contributed by atoms with Gasteiger partial charge in [-0.05, 0) is 64.8 Å². The minimum atomic E-state index is -0.309. The normalized spacial score (nSPS) is 11.4. The second-order valence-corrected chi connectivity index (χ2v) is 5.00. The zero-order chi connectivity index (χ0) is 14.7. The fourth-order valence-electron chi connectivity index (χ4n) is 1.65. The largest absolute Gasteiger partial charge is 0.456 e. The van der Waals surface area contributed by atoms with Gasteiger partial charge in [-0.3, -0.25) is 0 Å². The first kappa shape index (κ1) is 14.3. The van der Waals surface area contributed by atoms with E-state index in [1.54, 1.807) is 31.2 Å². The van der Waals surface area contributed by atoms with Gasteiger partial charge in [-0.1, -0.05) is 5.16 Å². The van der Waals surface area contributed by atoms with Gasteiger partial charge in [-0.15, -0.1) is 0 Å². The predicted molar refractivity (Wildman–Crippen MR) is 77.9 cm³/mol. The second kappa shape index (κ2) is 5.92. The molecule has 0 unspecified atom stereocenters. The van der Waals surface area contributed by atoms with Crippen LogP contribution in [0.3, 0.4) is 0 Å². The molecule has 0 fully saturated rings. The van der Waals surface area contributed by atoms with Crippen LogP contribution in [-0.4, -0.2) is 11.0 Å². The maximum Gasteiger partial charge on any atom is 0.170 e. The van der Waals surface area contributed by atoms with Gasteiger partial charge in [0.15, 0.2) is 5.84 Å². The highest BCUT2D eigenvalue weighted by Gasteiger charge is 2.08. The summed E-state index contributed by atoms with van der Waals surface area (Å²) in [6.07, 6.45) is 0. The van der Waals surface area contributed by atoms with Crippen molar-refractivity contribution in [1.29, 1.82) is 0 Å². The van der Waals surface area contributed by atoms with E-state index in [0.29, 0.717) is 27.1 Å². The molecule has 2 aromatic rings. The van der Waals surface area contributed by atoms with Crippen LogP contribution in [0.2, 0.25) is 0 Å². The molecule has 0 aliphatic carbocycles. The van der Waals surface area contributed by atoms with Crippen molar-refractivity contribution in [2.45, 2.75) is 6.92 Å². The van der Waals surface area contributed by atoms with Gasteiger partial charge in [0.05, 0.1) is 4.47 Å². The van der Waals surface area contributed by atoms with Crippen LogP contribution >= 0.6 is 15.9 Å². The Labute approximate surface area is 123 Å². The Kier molecular flexibility index (Phi) is 4.24. The standard InChI is InChI=1S/C14H12BrFN2O2/c1-8-6-10(16)3-5-12(8)20-13-4-2-9(7-11(13)15)14(17)18-19/h2-7,19H,1H3,(H2,17,18). The Morgan fingerprint density at radius 3 is 2.55 bits per heavy atom. The zero-order valence-corrected chi connectivity index (χ0v) is 12.2. The molecule has 20 heavy (non-hydrogen) atoms. The minimum absolute atomic E-state index is 0.00946. The summed E-state index contributed by atoms with van der Waals surface area (Å²) in [4.78, 5) is 0. The van der Waals surface area contributed by atoms with Gasteiger partial charge in [-0.25, -0.2) is 4.39 Å². The van der Waals surface area contributed by atoms with E-state index >= 15 is 0 Å². The highest BCUT2D eigenvalue weighted by Crippen LogP contribution is 2.32. The summed E-state index contributed by atoms with van der Waals surface area (Å²) in [5.41, 5.74) is 6.75. The Bertz CT molecular complexity index is 674. The van der Waals surface area contributed by atoms with Crippen LogP contribution in [0, 0.1) is 12.7 Å². The monoisotopic (exact) mass is 338 g/mol. The van der Waals surface area contributed by atoms with E-state index in [0.717, 1.165) is 0 Å². The van der Waals surface area contributed by atoms with E-state index in [2.05, 4.69) is 21.1 Å². The first-order chi connectivity index (χ1) is 9.51. The summed E-state index contributed by atoms with van der Waals surface area (Å²) in [6.45, 7) is 1.76. The summed E-state index contributed by atoms with van der Waals surface area (Å²) in [5.74, 6) is 0.809. The van der Waals surface area contributed by atoms with Crippen molar-refractivity contribution in [3.05, 3.63) is 57.8 Å². The minimum Gasteiger partial charge on any atom is -0.456 e. The number of aryl methyl sites for hydroxylation is 1. The maximum absolute atomic E-state index is 13.0. The molecule has 0 amide bonds. The highest BCUT2D eigenvalue weighted by atomic mass is 79.9. The Morgan fingerprint density at radius 2 is 1.95 bits per heavy atom. The van der Waals surface area contributed by atoms with Gasteiger partial charge in [-0.2, -0.15) is 0 Å². The number of nitrogens with two attached hydrogens (primary N) is 1. The summed E-state index contributed by atoms with van der Waals surface area (Å²) in [6, 6.07) is 9.31. The van der Waals surface area contributed by atoms with E-state index < -0.39 is 0 Å². The van der Waals surface area contributed by atoms with Crippen LogP contribution in [-0.2, 0) is 0 Å². The fourth-order valence-corrected chi connectivity index (χ4v) is 2.11. The zero-order valence-electron chi connectivity index (χ0n) is 10.6. The Hall–Kier alpha value is -2.08. The molecular weight excluding hydrogens is 327 g/mol. The molecule has 0 spiro atoms. The molecule has 0 aliphatic heterocycles. The first-order valence-electron chi connectivity index (χ1n) is 5.72. The van der Waals surface area contributed by atoms with E-state index in [4.69, 9.17) is 15.7 Å². The summed E-state index contributed by atoms with van der Waals surface area (Å²) in [7, 11) is 0. The van der Waals surface area contributed by atoms with Crippen molar-refractivity contribution in [1.82, 2.24) is 0 Å². The molecule has 104 valence electrons. The number of halogens is 2. The lowest BCUT2D eigenvalue weighted by molar-refractivity contribution is 0.318. The molecular formula is C14H12BrFN2O2. The molecule has 0 saturated heterocycles. The van der Waals surface area contributed by atoms with E-state index in [9.17, 15) is 4.39 Å². The van der Waals surface area contributed by atoms with E-state index in [1.807, 2.05) is 0 Å². The lowest BCUT2D eigenvalue weighted by Gasteiger charge is -2.11. The van der Waals surface area contributed by atoms with Crippen LogP contribution in [0.25, 0.3) is 0 Å². The average Bonchev–Trinajstić information content (AvgIpc) is 2.42. The molecule has 2 aromatic carbocycles. The molecule has 0 aromatic heterocycles. The smallest absolute Gasteiger partial charge is 0.170 e. The number of amidine groups is 1. The number of oxime groups is 1. The third kappa shape index (κ3) is 3.08. The molecule has 0 saturated carbocycles. The maximum atomic E-state index is 13.0. The van der Waals surface area contributed by atoms with Gasteiger partial charge >= 0.3 is 0 Å². The number of hydrogen-bond donors (Lipinski definition) is 2. The number of benzene rings is 2. The van der Waals surface area contributed by atoms with Gasteiger partial charge < -0.3 is 15.7 Å². The van der Waals surface area contributed by atoms with Crippen molar-refractivity contribution >= 4 is 21.8 Å². The molecule has 6 heteroatoms. The first-order valence-corrected chi connectivity index (χ1v) is 6.52. The van der Waals surface area contributed by atoms with Crippen LogP contribution in [0.5, 0.6) is 11.5 Å². The summed E-state index contributed by atoms with van der Waals surface area (Å²) in [5, 5.41) is 11.6. The number of hydrogen-bond acceptors (Lipinski definition) is 3. The van der Waals surface area contributed by atoms with Crippen LogP contribution in [0.1, 0.15) is 11.1 Å². The van der Waals surface area contributed by atoms with Crippen molar-refractivity contribution in [3.8, 4) is 11.5 Å². The van der Waals surface area contributed by atoms with Crippen LogP contribution < -0.4 is 10.5 Å². The van der Waals surface area contributed by atoms with Gasteiger partial charge in [0.2, 0.25) is 0 Å². The van der Waals surface area contributed by atoms with Gasteiger partial charge in [0.1, 0.15) is 17.3 Å². The number of rotatable bonds is 3. The molecule has 0 heterocycles. The van der Waals surface area contributed by atoms with Crippen molar-refractivity contribution in [2.24, 2.45) is 10.9 Å². The predicted octanol–water partition coefficient (Wildman–Crippen LogP) is 3.78. The molecule has 4 nitrogen and oxygen atoms in total. The molecule has 0 atom stereocenters. The molecule has 0 aliphatic rings. The fraction of sp³-hybridized carbons (Fsp3) is 0.0714. The van der Waals surface area contributed by atoms with Crippen molar-refractivity contribution < 1.29 is 14.3 Å². The average molecular weight is 339 g/mol. The topological polar surface area (TPSA) is 67.8 Å². The molecule has 2 rings (SSSR count). The molecule has 0 bridgehead atoms. The molecule has 3 N–H and O–H groups in total. The third-order valence-corrected chi connectivity index (χ3v) is 3.31. The summed E-state index contributed by atoms with van der Waals surface area (Å²) < 4.78 is 19.4. The van der Waals surface area contributed by atoms with E-state index in [1.165, 1.54) is 12.1 Å². The Balaban J connectivity index is 2.30. The van der Waals surface area contributed by atoms with Gasteiger partial charge in [0.25, 0.3) is 0 Å². The third-order valence-electron chi connectivity index (χ3n) is 2.69. The number of ether oxygens (including phenoxy) is 1. The Morgan fingerprint density at radius 1 is 1.25 bits per heavy atom. The second-order valence-electron chi connectivity index (χ2n) is 4.14. The quantitative estimate of drug-likeness (QED) is 0.387. The highest BCUT2D eigenvalue weighted by molar-refractivity contribution is 9.10. The van der Waals surface area contributed by atoms with Crippen LogP contribution in [0.15, 0.2) is 46.0 Å². The SMILES string of the molecule is Cc1cc(F)ccc1Oc1ccc(/C(N)=N/O)cc1Br. The van der Waals surface area contributed by atoms with Gasteiger partial charge in [0, 0.05) is 5.56 Å². The van der Waals surface area contributed by atoms with Crippen LogP contribution in [0.4, 0.5) is 4.39 Å². The number of nitrogens with zero attached hydrogens (tertiary/aromatic N) is 1.